The Morgan fingerprint density at radius 3 is 2.53 bits per heavy atom. The van der Waals surface area contributed by atoms with Crippen molar-refractivity contribution in [2.24, 2.45) is 0 Å². The van der Waals surface area contributed by atoms with Crippen molar-refractivity contribution < 1.29 is 4.79 Å². The van der Waals surface area contributed by atoms with E-state index in [1.807, 2.05) is 11.0 Å². The van der Waals surface area contributed by atoms with E-state index in [-0.39, 0.29) is 5.91 Å². The first-order valence-corrected chi connectivity index (χ1v) is 5.54. The zero-order valence-electron chi connectivity index (χ0n) is 9.76. The molecule has 1 fully saturated rings. The van der Waals surface area contributed by atoms with E-state index in [9.17, 15) is 4.79 Å². The SMILES string of the molecule is [C-]#[N+]c1ccc(N2CCN(C(C)=O)CC2)nc1. The Morgan fingerprint density at radius 2 is 2.06 bits per heavy atom. The topological polar surface area (TPSA) is 40.8 Å². The van der Waals surface area contributed by atoms with Crippen LogP contribution in [0.2, 0.25) is 0 Å². The van der Waals surface area contributed by atoms with Gasteiger partial charge in [0.15, 0.2) is 0 Å². The Bertz CT molecular complexity index is 441. The minimum atomic E-state index is 0.126. The number of anilines is 1. The molecular weight excluding hydrogens is 216 g/mol. The van der Waals surface area contributed by atoms with Gasteiger partial charge in [-0.15, -0.1) is 0 Å². The van der Waals surface area contributed by atoms with Crippen molar-refractivity contribution >= 4 is 17.4 Å². The molecule has 5 heteroatoms. The van der Waals surface area contributed by atoms with Crippen LogP contribution in [-0.2, 0) is 4.79 Å². The molecule has 0 bridgehead atoms. The van der Waals surface area contributed by atoms with E-state index in [0.717, 1.165) is 32.0 Å². The molecule has 1 amide bonds. The summed E-state index contributed by atoms with van der Waals surface area (Å²) >= 11 is 0. The molecule has 2 rings (SSSR count). The van der Waals surface area contributed by atoms with Gasteiger partial charge in [0.2, 0.25) is 11.6 Å². The molecule has 1 aromatic rings. The van der Waals surface area contributed by atoms with Crippen LogP contribution in [0.1, 0.15) is 6.92 Å². The fourth-order valence-corrected chi connectivity index (χ4v) is 1.88. The number of aromatic nitrogens is 1. The fourth-order valence-electron chi connectivity index (χ4n) is 1.88. The molecule has 88 valence electrons. The number of pyridine rings is 1. The van der Waals surface area contributed by atoms with Crippen LogP contribution in [-0.4, -0.2) is 42.0 Å². The first kappa shape index (κ1) is 11.4. The van der Waals surface area contributed by atoms with Crippen LogP contribution in [0.3, 0.4) is 0 Å². The van der Waals surface area contributed by atoms with Gasteiger partial charge in [-0.05, 0) is 6.07 Å². The molecule has 0 aliphatic carbocycles. The van der Waals surface area contributed by atoms with Gasteiger partial charge in [0.1, 0.15) is 5.82 Å². The molecule has 1 saturated heterocycles. The van der Waals surface area contributed by atoms with Crippen molar-refractivity contribution in [2.75, 3.05) is 31.1 Å². The average molecular weight is 230 g/mol. The Balaban J connectivity index is 2.00. The lowest BCUT2D eigenvalue weighted by atomic mass is 10.3. The second-order valence-electron chi connectivity index (χ2n) is 3.98. The van der Waals surface area contributed by atoms with Crippen LogP contribution in [0.15, 0.2) is 18.3 Å². The molecule has 0 spiro atoms. The monoisotopic (exact) mass is 230 g/mol. The molecule has 1 aliphatic rings. The molecule has 0 radical (unpaired) electrons. The van der Waals surface area contributed by atoms with Gasteiger partial charge >= 0.3 is 0 Å². The number of hydrogen-bond donors (Lipinski definition) is 0. The maximum atomic E-state index is 11.2. The Labute approximate surface area is 100 Å². The summed E-state index contributed by atoms with van der Waals surface area (Å²) in [6, 6.07) is 3.63. The summed E-state index contributed by atoms with van der Waals surface area (Å²) in [6.07, 6.45) is 1.58. The number of amides is 1. The van der Waals surface area contributed by atoms with Crippen LogP contribution >= 0.6 is 0 Å². The molecular formula is C12H14N4O. The molecule has 0 N–H and O–H groups in total. The van der Waals surface area contributed by atoms with Crippen LogP contribution < -0.4 is 4.90 Å². The van der Waals surface area contributed by atoms with Crippen LogP contribution in [0.5, 0.6) is 0 Å². The summed E-state index contributed by atoms with van der Waals surface area (Å²) in [4.78, 5) is 22.7. The maximum absolute atomic E-state index is 11.2. The highest BCUT2D eigenvalue weighted by Gasteiger charge is 2.19. The normalized spacial score (nSPS) is 15.5. The van der Waals surface area contributed by atoms with Crippen molar-refractivity contribution in [1.29, 1.82) is 0 Å². The number of nitrogens with zero attached hydrogens (tertiary/aromatic N) is 4. The van der Waals surface area contributed by atoms with E-state index in [0.29, 0.717) is 5.69 Å². The summed E-state index contributed by atoms with van der Waals surface area (Å²) in [5.74, 6) is 1.00. The number of rotatable bonds is 1. The number of carbonyl (C=O) groups excluding carboxylic acids is 1. The first-order chi connectivity index (χ1) is 8.20. The predicted octanol–water partition coefficient (Wildman–Crippen LogP) is 1.30. The van der Waals surface area contributed by atoms with E-state index >= 15 is 0 Å². The predicted molar refractivity (Wildman–Crippen MR) is 65.0 cm³/mol. The van der Waals surface area contributed by atoms with Gasteiger partial charge in [0, 0.05) is 39.3 Å². The zero-order valence-corrected chi connectivity index (χ0v) is 9.76. The lowest BCUT2D eigenvalue weighted by Crippen LogP contribution is -2.48. The number of hydrogen-bond acceptors (Lipinski definition) is 3. The maximum Gasteiger partial charge on any atom is 0.219 e. The van der Waals surface area contributed by atoms with Gasteiger partial charge < -0.3 is 9.80 Å². The van der Waals surface area contributed by atoms with Crippen molar-refractivity contribution in [3.05, 3.63) is 29.7 Å². The van der Waals surface area contributed by atoms with E-state index in [1.165, 1.54) is 0 Å². The number of piperazine rings is 1. The quantitative estimate of drug-likeness (QED) is 0.683. The van der Waals surface area contributed by atoms with Gasteiger partial charge in [-0.3, -0.25) is 9.78 Å². The molecule has 0 saturated carbocycles. The third-order valence-electron chi connectivity index (χ3n) is 2.91. The van der Waals surface area contributed by atoms with Crippen molar-refractivity contribution in [1.82, 2.24) is 9.88 Å². The molecule has 17 heavy (non-hydrogen) atoms. The third kappa shape index (κ3) is 2.53. The third-order valence-corrected chi connectivity index (χ3v) is 2.91. The molecule has 0 atom stereocenters. The molecule has 0 unspecified atom stereocenters. The summed E-state index contributed by atoms with van der Waals surface area (Å²) in [6.45, 7) is 11.5. The number of carbonyl (C=O) groups is 1. The van der Waals surface area contributed by atoms with Gasteiger partial charge in [-0.1, -0.05) is 6.07 Å². The molecule has 2 heterocycles. The lowest BCUT2D eigenvalue weighted by molar-refractivity contribution is -0.129. The van der Waals surface area contributed by atoms with E-state index in [2.05, 4.69) is 14.7 Å². The van der Waals surface area contributed by atoms with E-state index in [4.69, 9.17) is 6.57 Å². The minimum Gasteiger partial charge on any atom is -0.353 e. The summed E-state index contributed by atoms with van der Waals surface area (Å²) < 4.78 is 0. The summed E-state index contributed by atoms with van der Waals surface area (Å²) in [7, 11) is 0. The van der Waals surface area contributed by atoms with Crippen molar-refractivity contribution in [3.63, 3.8) is 0 Å². The van der Waals surface area contributed by atoms with Gasteiger partial charge in [0.05, 0.1) is 6.57 Å². The van der Waals surface area contributed by atoms with Crippen LogP contribution in [0.25, 0.3) is 4.85 Å². The highest BCUT2D eigenvalue weighted by Crippen LogP contribution is 2.17. The fraction of sp³-hybridized carbons (Fsp3) is 0.417. The largest absolute Gasteiger partial charge is 0.353 e. The van der Waals surface area contributed by atoms with Gasteiger partial charge in [0.25, 0.3) is 0 Å². The van der Waals surface area contributed by atoms with E-state index in [1.54, 1.807) is 19.2 Å². The second kappa shape index (κ2) is 4.83. The van der Waals surface area contributed by atoms with Gasteiger partial charge in [-0.2, -0.15) is 0 Å². The Kier molecular flexibility index (Phi) is 3.24. The zero-order chi connectivity index (χ0) is 12.3. The average Bonchev–Trinajstić information content (AvgIpc) is 2.39. The molecule has 1 aliphatic heterocycles. The minimum absolute atomic E-state index is 0.126. The molecule has 0 aromatic carbocycles. The smallest absolute Gasteiger partial charge is 0.219 e. The highest BCUT2D eigenvalue weighted by atomic mass is 16.2. The Morgan fingerprint density at radius 1 is 1.35 bits per heavy atom. The van der Waals surface area contributed by atoms with Crippen LogP contribution in [0, 0.1) is 6.57 Å². The molecule has 5 nitrogen and oxygen atoms in total. The van der Waals surface area contributed by atoms with Crippen LogP contribution in [0.4, 0.5) is 11.5 Å². The summed E-state index contributed by atoms with van der Waals surface area (Å²) in [5, 5.41) is 0. The Hall–Kier alpha value is -2.09. The second-order valence-corrected chi connectivity index (χ2v) is 3.98. The lowest BCUT2D eigenvalue weighted by Gasteiger charge is -2.34. The molecule has 1 aromatic heterocycles. The standard InChI is InChI=1S/C12H14N4O/c1-10(17)15-5-7-16(8-6-15)12-4-3-11(13-2)9-14-12/h3-4,9H,5-8H2,1H3. The highest BCUT2D eigenvalue weighted by molar-refractivity contribution is 5.73. The first-order valence-electron chi connectivity index (χ1n) is 5.54. The van der Waals surface area contributed by atoms with Gasteiger partial charge in [-0.25, -0.2) is 4.85 Å². The summed E-state index contributed by atoms with van der Waals surface area (Å²) in [5.41, 5.74) is 0.552. The van der Waals surface area contributed by atoms with Crippen molar-refractivity contribution in [2.45, 2.75) is 6.92 Å². The van der Waals surface area contributed by atoms with E-state index < -0.39 is 0 Å². The van der Waals surface area contributed by atoms with Crippen molar-refractivity contribution in [3.8, 4) is 0 Å².